The number of benzene rings is 2. The summed E-state index contributed by atoms with van der Waals surface area (Å²) in [4.78, 5) is 16.2. The molecule has 0 radical (unpaired) electrons. The Morgan fingerprint density at radius 1 is 1.17 bits per heavy atom. The Morgan fingerprint density at radius 3 is 2.61 bits per heavy atom. The van der Waals surface area contributed by atoms with Gasteiger partial charge in [0.25, 0.3) is 6.02 Å². The second-order valence-electron chi connectivity index (χ2n) is 5.01. The van der Waals surface area contributed by atoms with Crippen LogP contribution >= 0.6 is 11.6 Å². The van der Waals surface area contributed by atoms with Crippen LogP contribution in [0.15, 0.2) is 53.5 Å². The predicted octanol–water partition coefficient (Wildman–Crippen LogP) is 3.37. The monoisotopic (exact) mass is 330 g/mol. The first kappa shape index (κ1) is 15.2. The van der Waals surface area contributed by atoms with E-state index in [0.29, 0.717) is 23.0 Å². The molecule has 0 aliphatic carbocycles. The highest BCUT2D eigenvalue weighted by Gasteiger charge is 2.19. The molecule has 118 valence electrons. The summed E-state index contributed by atoms with van der Waals surface area (Å²) < 4.78 is 5.15. The number of hydrogen-bond acceptors (Lipinski definition) is 4. The van der Waals surface area contributed by atoms with E-state index in [2.05, 4.69) is 15.6 Å². The minimum absolute atomic E-state index is 0.143. The molecule has 1 aliphatic heterocycles. The van der Waals surface area contributed by atoms with Crippen LogP contribution in [0.5, 0.6) is 0 Å². The summed E-state index contributed by atoms with van der Waals surface area (Å²) in [5.74, 6) is 0. The van der Waals surface area contributed by atoms with E-state index in [4.69, 9.17) is 22.1 Å². The third-order valence-electron chi connectivity index (χ3n) is 3.30. The fraction of sp³-hybridized carbons (Fsp3) is 0.125. The molecule has 0 saturated heterocycles. The number of anilines is 2. The van der Waals surface area contributed by atoms with Gasteiger partial charge in [-0.15, -0.1) is 0 Å². The quantitative estimate of drug-likeness (QED) is 0.806. The van der Waals surface area contributed by atoms with E-state index >= 15 is 0 Å². The van der Waals surface area contributed by atoms with Crippen molar-refractivity contribution in [3.8, 4) is 0 Å². The van der Waals surface area contributed by atoms with Crippen LogP contribution in [-0.2, 0) is 4.74 Å². The van der Waals surface area contributed by atoms with Gasteiger partial charge in [0.15, 0.2) is 0 Å². The number of aliphatic imine (C=N–C) groups is 1. The molecule has 0 bridgehead atoms. The van der Waals surface area contributed by atoms with E-state index in [9.17, 15) is 4.79 Å². The third kappa shape index (κ3) is 3.92. The zero-order chi connectivity index (χ0) is 16.2. The topological polar surface area (TPSA) is 88.7 Å². The first-order chi connectivity index (χ1) is 11.1. The first-order valence-corrected chi connectivity index (χ1v) is 7.37. The third-order valence-corrected chi connectivity index (χ3v) is 3.56. The minimum atomic E-state index is -0.338. The van der Waals surface area contributed by atoms with Crippen molar-refractivity contribution < 1.29 is 9.53 Å². The molecule has 1 aliphatic rings. The standard InChI is InChI=1S/C16H15ClN4O2/c17-11-4-6-12(7-5-11)19-16(22)20-13-3-1-2-10(8-13)14-9-23-15(18)21-14/h1-8,14H,9H2,(H2,18,21)(H2,19,20,22)/t14-/m0/s1. The van der Waals surface area contributed by atoms with Gasteiger partial charge in [0.05, 0.1) is 0 Å². The fourth-order valence-electron chi connectivity index (χ4n) is 2.21. The Morgan fingerprint density at radius 2 is 1.91 bits per heavy atom. The summed E-state index contributed by atoms with van der Waals surface area (Å²) in [5.41, 5.74) is 7.76. The van der Waals surface area contributed by atoms with Gasteiger partial charge in [0, 0.05) is 16.4 Å². The van der Waals surface area contributed by atoms with E-state index in [1.807, 2.05) is 18.2 Å². The Balaban J connectivity index is 1.65. The number of carbonyl (C=O) groups excluding carboxylic acids is 1. The number of nitrogens with one attached hydrogen (secondary N) is 2. The van der Waals surface area contributed by atoms with Crippen LogP contribution < -0.4 is 16.4 Å². The van der Waals surface area contributed by atoms with Crippen molar-refractivity contribution in [2.45, 2.75) is 6.04 Å². The van der Waals surface area contributed by atoms with E-state index in [1.54, 1.807) is 30.3 Å². The van der Waals surface area contributed by atoms with Crippen LogP contribution in [0.2, 0.25) is 5.02 Å². The van der Waals surface area contributed by atoms with Crippen LogP contribution in [0.4, 0.5) is 16.2 Å². The number of rotatable bonds is 3. The number of hydrogen-bond donors (Lipinski definition) is 3. The summed E-state index contributed by atoms with van der Waals surface area (Å²) in [6.07, 6.45) is 0. The van der Waals surface area contributed by atoms with Crippen molar-refractivity contribution in [1.29, 1.82) is 0 Å². The molecule has 1 atom stereocenters. The lowest BCUT2D eigenvalue weighted by Gasteiger charge is -2.10. The van der Waals surface area contributed by atoms with Gasteiger partial charge in [0.1, 0.15) is 12.6 Å². The zero-order valence-electron chi connectivity index (χ0n) is 12.1. The predicted molar refractivity (Wildman–Crippen MR) is 90.9 cm³/mol. The van der Waals surface area contributed by atoms with Gasteiger partial charge < -0.3 is 21.1 Å². The van der Waals surface area contributed by atoms with E-state index < -0.39 is 0 Å². The maximum atomic E-state index is 12.0. The molecule has 2 aromatic carbocycles. The SMILES string of the molecule is NC1=N[C@H](c2cccc(NC(=O)Nc3ccc(Cl)cc3)c2)CO1. The minimum Gasteiger partial charge on any atom is -0.463 e. The second-order valence-corrected chi connectivity index (χ2v) is 5.44. The highest BCUT2D eigenvalue weighted by Crippen LogP contribution is 2.24. The van der Waals surface area contributed by atoms with Gasteiger partial charge in [-0.25, -0.2) is 9.79 Å². The Hall–Kier alpha value is -2.73. The van der Waals surface area contributed by atoms with Gasteiger partial charge in [0.2, 0.25) is 0 Å². The molecule has 2 amide bonds. The van der Waals surface area contributed by atoms with E-state index in [1.165, 1.54) is 0 Å². The summed E-state index contributed by atoms with van der Waals surface area (Å²) in [5, 5.41) is 6.12. The van der Waals surface area contributed by atoms with Crippen molar-refractivity contribution in [3.05, 3.63) is 59.1 Å². The van der Waals surface area contributed by atoms with Crippen LogP contribution in [0.1, 0.15) is 11.6 Å². The van der Waals surface area contributed by atoms with E-state index in [0.717, 1.165) is 5.56 Å². The molecule has 3 rings (SSSR count). The molecule has 0 aromatic heterocycles. The normalized spacial score (nSPS) is 16.4. The molecule has 23 heavy (non-hydrogen) atoms. The molecule has 0 fully saturated rings. The lowest BCUT2D eigenvalue weighted by atomic mass is 10.1. The molecule has 0 spiro atoms. The average Bonchev–Trinajstić information content (AvgIpc) is 2.96. The van der Waals surface area contributed by atoms with E-state index in [-0.39, 0.29) is 18.1 Å². The van der Waals surface area contributed by atoms with Crippen LogP contribution in [0, 0.1) is 0 Å². The maximum Gasteiger partial charge on any atom is 0.323 e. The first-order valence-electron chi connectivity index (χ1n) is 7.00. The summed E-state index contributed by atoms with van der Waals surface area (Å²) >= 11 is 5.81. The number of nitrogens with zero attached hydrogens (tertiary/aromatic N) is 1. The molecule has 1 heterocycles. The number of halogens is 1. The van der Waals surface area contributed by atoms with Gasteiger partial charge in [-0.2, -0.15) is 0 Å². The van der Waals surface area contributed by atoms with Crippen LogP contribution in [0.25, 0.3) is 0 Å². The van der Waals surface area contributed by atoms with Crippen molar-refractivity contribution >= 4 is 35.0 Å². The molecular formula is C16H15ClN4O2. The maximum absolute atomic E-state index is 12.0. The average molecular weight is 331 g/mol. The molecule has 4 N–H and O–H groups in total. The molecule has 0 unspecified atom stereocenters. The summed E-state index contributed by atoms with van der Waals surface area (Å²) in [6.45, 7) is 0.409. The number of nitrogens with two attached hydrogens (primary N) is 1. The van der Waals surface area contributed by atoms with Crippen LogP contribution in [-0.4, -0.2) is 18.7 Å². The van der Waals surface area contributed by atoms with Gasteiger partial charge in [-0.1, -0.05) is 23.7 Å². The number of urea groups is 1. The number of carbonyl (C=O) groups is 1. The lowest BCUT2D eigenvalue weighted by molar-refractivity contribution is 0.262. The van der Waals surface area contributed by atoms with Gasteiger partial charge >= 0.3 is 6.03 Å². The number of amides is 2. The zero-order valence-corrected chi connectivity index (χ0v) is 12.9. The Bertz CT molecular complexity index is 746. The highest BCUT2D eigenvalue weighted by atomic mass is 35.5. The van der Waals surface area contributed by atoms with Crippen molar-refractivity contribution in [3.63, 3.8) is 0 Å². The Kier molecular flexibility index (Phi) is 4.34. The molecular weight excluding hydrogens is 316 g/mol. The number of ether oxygens (including phenoxy) is 1. The number of amidine groups is 1. The van der Waals surface area contributed by atoms with Gasteiger partial charge in [-0.05, 0) is 42.0 Å². The fourth-order valence-corrected chi connectivity index (χ4v) is 2.34. The highest BCUT2D eigenvalue weighted by molar-refractivity contribution is 6.30. The molecule has 2 aromatic rings. The largest absolute Gasteiger partial charge is 0.463 e. The molecule has 7 heteroatoms. The lowest BCUT2D eigenvalue weighted by Crippen LogP contribution is -2.19. The summed E-state index contributed by atoms with van der Waals surface area (Å²) in [7, 11) is 0. The second kappa shape index (κ2) is 6.58. The molecule has 0 saturated carbocycles. The van der Waals surface area contributed by atoms with Crippen molar-refractivity contribution in [2.75, 3.05) is 17.2 Å². The van der Waals surface area contributed by atoms with Crippen LogP contribution in [0.3, 0.4) is 0 Å². The van der Waals surface area contributed by atoms with Crippen molar-refractivity contribution in [2.24, 2.45) is 10.7 Å². The molecule has 6 nitrogen and oxygen atoms in total. The smallest absolute Gasteiger partial charge is 0.323 e. The Labute approximate surface area is 138 Å². The van der Waals surface area contributed by atoms with Gasteiger partial charge in [-0.3, -0.25) is 0 Å². The van der Waals surface area contributed by atoms with Crippen molar-refractivity contribution in [1.82, 2.24) is 0 Å². The summed E-state index contributed by atoms with van der Waals surface area (Å²) in [6, 6.07) is 14.0.